The Balaban J connectivity index is 2.06. The number of hydroxylamine groups is 1. The fourth-order valence-electron chi connectivity index (χ4n) is 1.92. The molecule has 0 saturated carbocycles. The van der Waals surface area contributed by atoms with E-state index in [4.69, 9.17) is 5.73 Å². The van der Waals surface area contributed by atoms with Gasteiger partial charge in [-0.25, -0.2) is 5.48 Å². The van der Waals surface area contributed by atoms with E-state index in [1.807, 2.05) is 41.8 Å². The summed E-state index contributed by atoms with van der Waals surface area (Å²) in [5.74, 6) is -0.978. The number of nitrogens with zero attached hydrogens (tertiary/aromatic N) is 1. The summed E-state index contributed by atoms with van der Waals surface area (Å²) < 4.78 is 1.87. The number of hydrogen-bond acceptors (Lipinski definition) is 3. The molecule has 100 valence electrons. The zero-order chi connectivity index (χ0) is 13.8. The Bertz CT molecular complexity index is 619. The zero-order valence-corrected chi connectivity index (χ0v) is 10.6. The van der Waals surface area contributed by atoms with Gasteiger partial charge in [-0.2, -0.15) is 0 Å². The maximum absolute atomic E-state index is 11.7. The predicted molar refractivity (Wildman–Crippen MR) is 70.0 cm³/mol. The Morgan fingerprint density at radius 1 is 1.37 bits per heavy atom. The molecule has 2 amide bonds. The SMILES string of the molecule is Cc1cc2ccccc2n1CC(=O)NOCC(N)=O. The van der Waals surface area contributed by atoms with Crippen molar-refractivity contribution in [1.29, 1.82) is 0 Å². The monoisotopic (exact) mass is 261 g/mol. The van der Waals surface area contributed by atoms with Gasteiger partial charge in [0, 0.05) is 11.2 Å². The van der Waals surface area contributed by atoms with Crippen LogP contribution in [0.4, 0.5) is 0 Å². The number of primary amides is 1. The molecule has 0 aliphatic rings. The highest BCUT2D eigenvalue weighted by Gasteiger charge is 2.09. The number of hydrogen-bond donors (Lipinski definition) is 2. The lowest BCUT2D eigenvalue weighted by Gasteiger charge is -2.08. The molecule has 0 spiro atoms. The van der Waals surface area contributed by atoms with Gasteiger partial charge in [0.15, 0.2) is 6.61 Å². The van der Waals surface area contributed by atoms with E-state index < -0.39 is 5.91 Å². The maximum Gasteiger partial charge on any atom is 0.263 e. The van der Waals surface area contributed by atoms with Crippen molar-refractivity contribution >= 4 is 22.7 Å². The highest BCUT2D eigenvalue weighted by molar-refractivity contribution is 5.84. The third-order valence-electron chi connectivity index (χ3n) is 2.72. The van der Waals surface area contributed by atoms with Crippen LogP contribution in [0.2, 0.25) is 0 Å². The third kappa shape index (κ3) is 3.11. The number of nitrogens with one attached hydrogen (secondary N) is 1. The number of aryl methyl sites for hydroxylation is 1. The number of carbonyl (C=O) groups excluding carboxylic acids is 2. The lowest BCUT2D eigenvalue weighted by Crippen LogP contribution is -2.31. The number of para-hydroxylation sites is 1. The van der Waals surface area contributed by atoms with Crippen molar-refractivity contribution in [1.82, 2.24) is 10.0 Å². The van der Waals surface area contributed by atoms with Crippen LogP contribution < -0.4 is 11.2 Å². The first-order valence-corrected chi connectivity index (χ1v) is 5.81. The van der Waals surface area contributed by atoms with Gasteiger partial charge in [0.2, 0.25) is 5.91 Å². The van der Waals surface area contributed by atoms with Crippen LogP contribution >= 0.6 is 0 Å². The number of carbonyl (C=O) groups is 2. The standard InChI is InChI=1S/C13H15N3O3/c1-9-6-10-4-2-3-5-11(10)16(9)7-13(18)15-19-8-12(14)17/h2-6H,7-8H2,1H3,(H2,14,17)(H,15,18). The molecule has 0 bridgehead atoms. The Morgan fingerprint density at radius 2 is 2.11 bits per heavy atom. The molecule has 0 unspecified atom stereocenters. The maximum atomic E-state index is 11.7. The molecule has 6 nitrogen and oxygen atoms in total. The van der Waals surface area contributed by atoms with Crippen molar-refractivity contribution < 1.29 is 14.4 Å². The minimum absolute atomic E-state index is 0.123. The van der Waals surface area contributed by atoms with E-state index in [1.165, 1.54) is 0 Å². The van der Waals surface area contributed by atoms with Gasteiger partial charge in [-0.3, -0.25) is 14.4 Å². The Kier molecular flexibility index (Phi) is 3.82. The van der Waals surface area contributed by atoms with Crippen LogP contribution in [0.1, 0.15) is 5.69 Å². The lowest BCUT2D eigenvalue weighted by molar-refractivity contribution is -0.138. The summed E-state index contributed by atoms with van der Waals surface area (Å²) >= 11 is 0. The van der Waals surface area contributed by atoms with Crippen LogP contribution in [0.3, 0.4) is 0 Å². The van der Waals surface area contributed by atoms with Crippen molar-refractivity contribution in [2.45, 2.75) is 13.5 Å². The second kappa shape index (κ2) is 5.53. The van der Waals surface area contributed by atoms with Gasteiger partial charge >= 0.3 is 0 Å². The second-order valence-corrected chi connectivity index (χ2v) is 4.21. The largest absolute Gasteiger partial charge is 0.368 e. The summed E-state index contributed by atoms with van der Waals surface area (Å²) in [6.45, 7) is 1.72. The quantitative estimate of drug-likeness (QED) is 0.768. The Morgan fingerprint density at radius 3 is 2.84 bits per heavy atom. The molecule has 0 aliphatic carbocycles. The highest BCUT2D eigenvalue weighted by atomic mass is 16.7. The van der Waals surface area contributed by atoms with Gasteiger partial charge in [0.25, 0.3) is 5.91 Å². The van der Waals surface area contributed by atoms with Crippen LogP contribution in [0.25, 0.3) is 10.9 Å². The summed E-state index contributed by atoms with van der Waals surface area (Å²) in [4.78, 5) is 26.8. The Labute approximate surface area is 110 Å². The minimum atomic E-state index is -0.636. The summed E-state index contributed by atoms with van der Waals surface area (Å²) in [6, 6.07) is 9.80. The first-order chi connectivity index (χ1) is 9.08. The fraction of sp³-hybridized carbons (Fsp3) is 0.231. The molecule has 1 heterocycles. The van der Waals surface area contributed by atoms with E-state index in [9.17, 15) is 9.59 Å². The molecule has 1 aromatic carbocycles. The molecule has 19 heavy (non-hydrogen) atoms. The lowest BCUT2D eigenvalue weighted by atomic mass is 10.2. The Hall–Kier alpha value is -2.34. The molecule has 6 heteroatoms. The van der Waals surface area contributed by atoms with Gasteiger partial charge in [-0.15, -0.1) is 0 Å². The second-order valence-electron chi connectivity index (χ2n) is 4.21. The van der Waals surface area contributed by atoms with Gasteiger partial charge < -0.3 is 10.3 Å². The van der Waals surface area contributed by atoms with E-state index in [-0.39, 0.29) is 19.1 Å². The van der Waals surface area contributed by atoms with Gasteiger partial charge in [0.1, 0.15) is 6.54 Å². The first-order valence-electron chi connectivity index (χ1n) is 5.81. The third-order valence-corrected chi connectivity index (χ3v) is 2.72. The van der Waals surface area contributed by atoms with E-state index in [0.717, 1.165) is 16.6 Å². The van der Waals surface area contributed by atoms with E-state index in [1.54, 1.807) is 0 Å². The predicted octanol–water partition coefficient (Wildman–Crippen LogP) is 0.483. The van der Waals surface area contributed by atoms with E-state index in [0.29, 0.717) is 0 Å². The molecule has 2 aromatic rings. The molecular formula is C13H15N3O3. The summed E-state index contributed by atoms with van der Waals surface area (Å²) in [7, 11) is 0. The number of benzene rings is 1. The molecule has 0 radical (unpaired) electrons. The molecule has 0 fully saturated rings. The molecule has 0 aliphatic heterocycles. The normalized spacial score (nSPS) is 10.6. The average molecular weight is 261 g/mol. The summed E-state index contributed by atoms with van der Waals surface area (Å²) in [6.07, 6.45) is 0. The van der Waals surface area contributed by atoms with E-state index >= 15 is 0 Å². The van der Waals surface area contributed by atoms with Crippen LogP contribution in [-0.4, -0.2) is 23.0 Å². The van der Waals surface area contributed by atoms with Crippen molar-refractivity contribution in [3.05, 3.63) is 36.0 Å². The molecule has 2 rings (SSSR count). The van der Waals surface area contributed by atoms with Gasteiger partial charge in [0.05, 0.1) is 0 Å². The van der Waals surface area contributed by atoms with Crippen LogP contribution in [0.15, 0.2) is 30.3 Å². The number of fused-ring (bicyclic) bond motifs is 1. The highest BCUT2D eigenvalue weighted by Crippen LogP contribution is 2.18. The number of aromatic nitrogens is 1. The van der Waals surface area contributed by atoms with Crippen LogP contribution in [-0.2, 0) is 21.0 Å². The fourth-order valence-corrected chi connectivity index (χ4v) is 1.92. The summed E-state index contributed by atoms with van der Waals surface area (Å²) in [5, 5.41) is 1.07. The van der Waals surface area contributed by atoms with Crippen molar-refractivity contribution in [3.8, 4) is 0 Å². The van der Waals surface area contributed by atoms with Crippen LogP contribution in [0.5, 0.6) is 0 Å². The topological polar surface area (TPSA) is 86.3 Å². The molecule has 1 aromatic heterocycles. The molecular weight excluding hydrogens is 246 g/mol. The van der Waals surface area contributed by atoms with Gasteiger partial charge in [-0.1, -0.05) is 18.2 Å². The van der Waals surface area contributed by atoms with Crippen LogP contribution in [0, 0.1) is 6.92 Å². The van der Waals surface area contributed by atoms with Crippen molar-refractivity contribution in [2.75, 3.05) is 6.61 Å². The number of nitrogens with two attached hydrogens (primary N) is 1. The molecule has 3 N–H and O–H groups in total. The minimum Gasteiger partial charge on any atom is -0.368 e. The number of rotatable bonds is 5. The van der Waals surface area contributed by atoms with Crippen molar-refractivity contribution in [3.63, 3.8) is 0 Å². The molecule has 0 atom stereocenters. The van der Waals surface area contributed by atoms with Gasteiger partial charge in [-0.05, 0) is 24.4 Å². The van der Waals surface area contributed by atoms with E-state index in [2.05, 4.69) is 10.3 Å². The smallest absolute Gasteiger partial charge is 0.263 e. The summed E-state index contributed by atoms with van der Waals surface area (Å²) in [5.41, 5.74) is 9.03. The number of amides is 2. The average Bonchev–Trinajstić information content (AvgIpc) is 2.66. The zero-order valence-electron chi connectivity index (χ0n) is 10.6. The molecule has 0 saturated heterocycles. The van der Waals surface area contributed by atoms with Crippen molar-refractivity contribution in [2.24, 2.45) is 5.73 Å². The first kappa shape index (κ1) is 13.1.